The number of fused-ring (bicyclic) bond motifs is 1. The van der Waals surface area contributed by atoms with Crippen LogP contribution in [0.15, 0.2) is 18.2 Å². The Hall–Kier alpha value is -0.570. The molecule has 2 unspecified atom stereocenters. The van der Waals surface area contributed by atoms with Gasteiger partial charge in [0, 0.05) is 16.6 Å². The normalized spacial score (nSPS) is 26.8. The first kappa shape index (κ1) is 9.97. The van der Waals surface area contributed by atoms with Crippen LogP contribution in [-0.4, -0.2) is 11.1 Å². The number of hydrogen-bond acceptors (Lipinski definition) is 2. The maximum absolute atomic E-state index is 9.98. The van der Waals surface area contributed by atoms with Gasteiger partial charge in [-0.25, -0.2) is 0 Å². The Balaban J connectivity index is 2.49. The van der Waals surface area contributed by atoms with Gasteiger partial charge < -0.3 is 10.8 Å². The van der Waals surface area contributed by atoms with Gasteiger partial charge in [0.05, 0.1) is 6.10 Å². The lowest BCUT2D eigenvalue weighted by molar-refractivity contribution is 0.144. The summed E-state index contributed by atoms with van der Waals surface area (Å²) in [5.74, 6) is 0. The van der Waals surface area contributed by atoms with Crippen molar-refractivity contribution in [2.75, 3.05) is 0 Å². The third-order valence-corrected chi connectivity index (χ3v) is 3.16. The molecule has 1 aromatic carbocycles. The van der Waals surface area contributed by atoms with Gasteiger partial charge in [-0.3, -0.25) is 0 Å². The quantitative estimate of drug-likeness (QED) is 0.646. The SMILES string of the molecule is NC1CCCc2cccc(Cl)c2C1O. The molecular weight excluding hydrogens is 198 g/mol. The van der Waals surface area contributed by atoms with Gasteiger partial charge in [0.15, 0.2) is 0 Å². The molecule has 0 aliphatic heterocycles. The van der Waals surface area contributed by atoms with Crippen molar-refractivity contribution < 1.29 is 5.11 Å². The van der Waals surface area contributed by atoms with Crippen LogP contribution < -0.4 is 5.73 Å². The lowest BCUT2D eigenvalue weighted by Gasteiger charge is -2.18. The Labute approximate surface area is 88.7 Å². The van der Waals surface area contributed by atoms with E-state index in [-0.39, 0.29) is 6.04 Å². The van der Waals surface area contributed by atoms with Crippen molar-refractivity contribution in [1.29, 1.82) is 0 Å². The van der Waals surface area contributed by atoms with Crippen molar-refractivity contribution >= 4 is 11.6 Å². The molecule has 0 saturated heterocycles. The highest BCUT2D eigenvalue weighted by atomic mass is 35.5. The molecular formula is C11H14ClNO. The van der Waals surface area contributed by atoms with E-state index in [1.807, 2.05) is 18.2 Å². The predicted molar refractivity (Wildman–Crippen MR) is 57.3 cm³/mol. The maximum Gasteiger partial charge on any atom is 0.0957 e. The monoisotopic (exact) mass is 211 g/mol. The molecule has 1 aromatic rings. The number of hydrogen-bond donors (Lipinski definition) is 2. The Morgan fingerprint density at radius 3 is 3.00 bits per heavy atom. The summed E-state index contributed by atoms with van der Waals surface area (Å²) in [7, 11) is 0. The number of benzene rings is 1. The molecule has 0 spiro atoms. The first-order valence-corrected chi connectivity index (χ1v) is 5.29. The number of nitrogens with two attached hydrogens (primary N) is 1. The second kappa shape index (κ2) is 3.89. The van der Waals surface area contributed by atoms with E-state index in [9.17, 15) is 5.11 Å². The van der Waals surface area contributed by atoms with Gasteiger partial charge in [0.1, 0.15) is 0 Å². The summed E-state index contributed by atoms with van der Waals surface area (Å²) < 4.78 is 0. The summed E-state index contributed by atoms with van der Waals surface area (Å²) in [5, 5.41) is 10.6. The number of rotatable bonds is 0. The third kappa shape index (κ3) is 1.65. The van der Waals surface area contributed by atoms with E-state index in [0.717, 1.165) is 30.4 Å². The van der Waals surface area contributed by atoms with Crippen molar-refractivity contribution in [3.8, 4) is 0 Å². The van der Waals surface area contributed by atoms with Crippen LogP contribution >= 0.6 is 11.6 Å². The minimum absolute atomic E-state index is 0.184. The number of aliphatic hydroxyl groups is 1. The fourth-order valence-electron chi connectivity index (χ4n) is 2.03. The highest BCUT2D eigenvalue weighted by Gasteiger charge is 2.24. The smallest absolute Gasteiger partial charge is 0.0957 e. The summed E-state index contributed by atoms with van der Waals surface area (Å²) in [5.41, 5.74) is 7.82. The minimum atomic E-state index is -0.610. The lowest BCUT2D eigenvalue weighted by atomic mass is 9.99. The molecule has 3 N–H and O–H groups in total. The van der Waals surface area contributed by atoms with E-state index < -0.39 is 6.10 Å². The fourth-order valence-corrected chi connectivity index (χ4v) is 2.34. The van der Waals surface area contributed by atoms with Crippen LogP contribution in [0.1, 0.15) is 30.1 Å². The van der Waals surface area contributed by atoms with E-state index in [2.05, 4.69) is 0 Å². The van der Waals surface area contributed by atoms with Crippen molar-refractivity contribution in [3.05, 3.63) is 34.3 Å². The topological polar surface area (TPSA) is 46.2 Å². The summed E-state index contributed by atoms with van der Waals surface area (Å²) in [6, 6.07) is 5.56. The second-order valence-corrected chi connectivity index (χ2v) is 4.22. The van der Waals surface area contributed by atoms with Crippen molar-refractivity contribution in [2.45, 2.75) is 31.4 Å². The van der Waals surface area contributed by atoms with E-state index in [0.29, 0.717) is 5.02 Å². The van der Waals surface area contributed by atoms with Gasteiger partial charge in [-0.2, -0.15) is 0 Å². The average Bonchev–Trinajstić information content (AvgIpc) is 2.29. The molecule has 2 rings (SSSR count). The van der Waals surface area contributed by atoms with Crippen LogP contribution in [0.5, 0.6) is 0 Å². The van der Waals surface area contributed by atoms with Crippen molar-refractivity contribution in [3.63, 3.8) is 0 Å². The predicted octanol–water partition coefficient (Wildman–Crippen LogP) is 2.04. The van der Waals surface area contributed by atoms with Gasteiger partial charge >= 0.3 is 0 Å². The van der Waals surface area contributed by atoms with E-state index >= 15 is 0 Å². The minimum Gasteiger partial charge on any atom is -0.387 e. The van der Waals surface area contributed by atoms with E-state index in [1.165, 1.54) is 0 Å². The van der Waals surface area contributed by atoms with Crippen LogP contribution in [0.4, 0.5) is 0 Å². The van der Waals surface area contributed by atoms with Gasteiger partial charge in [-0.1, -0.05) is 23.7 Å². The lowest BCUT2D eigenvalue weighted by Crippen LogP contribution is -2.27. The average molecular weight is 212 g/mol. The molecule has 0 radical (unpaired) electrons. The maximum atomic E-state index is 9.98. The molecule has 2 nitrogen and oxygen atoms in total. The van der Waals surface area contributed by atoms with Crippen LogP contribution in [-0.2, 0) is 6.42 Å². The number of aryl methyl sites for hydroxylation is 1. The summed E-state index contributed by atoms with van der Waals surface area (Å²) in [6.45, 7) is 0. The van der Waals surface area contributed by atoms with Gasteiger partial charge in [0.2, 0.25) is 0 Å². The second-order valence-electron chi connectivity index (χ2n) is 3.81. The van der Waals surface area contributed by atoms with Crippen molar-refractivity contribution in [1.82, 2.24) is 0 Å². The van der Waals surface area contributed by atoms with Crippen LogP contribution in [0.3, 0.4) is 0 Å². The number of aliphatic hydroxyl groups excluding tert-OH is 1. The zero-order valence-electron chi connectivity index (χ0n) is 7.91. The molecule has 1 aliphatic rings. The molecule has 76 valence electrons. The molecule has 0 aromatic heterocycles. The highest BCUT2D eigenvalue weighted by molar-refractivity contribution is 6.31. The molecule has 0 heterocycles. The third-order valence-electron chi connectivity index (χ3n) is 2.83. The first-order valence-electron chi connectivity index (χ1n) is 4.91. The summed E-state index contributed by atoms with van der Waals surface area (Å²) >= 11 is 6.06. The molecule has 3 heteroatoms. The molecule has 0 amide bonds. The number of halogens is 1. The van der Waals surface area contributed by atoms with E-state index in [1.54, 1.807) is 0 Å². The largest absolute Gasteiger partial charge is 0.387 e. The zero-order chi connectivity index (χ0) is 10.1. The van der Waals surface area contributed by atoms with Gasteiger partial charge in [-0.05, 0) is 30.9 Å². The first-order chi connectivity index (χ1) is 6.70. The highest BCUT2D eigenvalue weighted by Crippen LogP contribution is 2.33. The molecule has 1 aliphatic carbocycles. The van der Waals surface area contributed by atoms with Crippen molar-refractivity contribution in [2.24, 2.45) is 5.73 Å². The molecule has 0 saturated carbocycles. The zero-order valence-corrected chi connectivity index (χ0v) is 8.67. The summed E-state index contributed by atoms with van der Waals surface area (Å²) in [4.78, 5) is 0. The molecule has 0 fully saturated rings. The Morgan fingerprint density at radius 1 is 1.43 bits per heavy atom. The van der Waals surface area contributed by atoms with Crippen LogP contribution in [0.25, 0.3) is 0 Å². The Kier molecular flexibility index (Phi) is 2.77. The Bertz CT molecular complexity index is 340. The van der Waals surface area contributed by atoms with Gasteiger partial charge in [-0.15, -0.1) is 0 Å². The molecule has 2 atom stereocenters. The van der Waals surface area contributed by atoms with Crippen LogP contribution in [0, 0.1) is 0 Å². The molecule has 14 heavy (non-hydrogen) atoms. The van der Waals surface area contributed by atoms with E-state index in [4.69, 9.17) is 17.3 Å². The Morgan fingerprint density at radius 2 is 2.21 bits per heavy atom. The fraction of sp³-hybridized carbons (Fsp3) is 0.455. The van der Waals surface area contributed by atoms with Gasteiger partial charge in [0.25, 0.3) is 0 Å². The van der Waals surface area contributed by atoms with Crippen LogP contribution in [0.2, 0.25) is 5.02 Å². The molecule has 0 bridgehead atoms. The summed E-state index contributed by atoms with van der Waals surface area (Å²) in [6.07, 6.45) is 2.22. The standard InChI is InChI=1S/C11H14ClNO/c12-8-5-1-3-7-4-2-6-9(13)11(14)10(7)8/h1,3,5,9,11,14H,2,4,6,13H2.